The smallest absolute Gasteiger partial charge is 0.119 e. The summed E-state index contributed by atoms with van der Waals surface area (Å²) in [5.41, 5.74) is 2.41. The average Bonchev–Trinajstić information content (AvgIpc) is 2.49. The quantitative estimate of drug-likeness (QED) is 0.742. The first-order chi connectivity index (χ1) is 10.1. The molecule has 0 aliphatic rings. The van der Waals surface area contributed by atoms with Crippen molar-refractivity contribution in [1.82, 2.24) is 5.32 Å². The summed E-state index contributed by atoms with van der Waals surface area (Å²) in [6, 6.07) is 14.5. The van der Waals surface area contributed by atoms with Crippen molar-refractivity contribution in [3.63, 3.8) is 0 Å². The Hall–Kier alpha value is -1.03. The molecule has 0 bridgehead atoms. The second-order valence-electron chi connectivity index (χ2n) is 4.85. The SMILES string of the molecule is CCOc1ccc(C(C)NCc2ccc(Br)c(Cl)c2)cc1. The number of hydrogen-bond acceptors (Lipinski definition) is 2. The fourth-order valence-electron chi connectivity index (χ4n) is 2.06. The lowest BCUT2D eigenvalue weighted by Crippen LogP contribution is -2.18. The van der Waals surface area contributed by atoms with Crippen molar-refractivity contribution >= 4 is 27.5 Å². The molecule has 0 aromatic heterocycles. The molecule has 1 N–H and O–H groups in total. The highest BCUT2D eigenvalue weighted by Crippen LogP contribution is 2.24. The first kappa shape index (κ1) is 16.3. The fraction of sp³-hybridized carbons (Fsp3) is 0.294. The molecule has 2 rings (SSSR count). The van der Waals surface area contributed by atoms with Gasteiger partial charge in [0, 0.05) is 17.1 Å². The highest BCUT2D eigenvalue weighted by molar-refractivity contribution is 9.10. The van der Waals surface area contributed by atoms with Gasteiger partial charge in [-0.2, -0.15) is 0 Å². The van der Waals surface area contributed by atoms with Gasteiger partial charge in [-0.05, 0) is 65.2 Å². The zero-order valence-corrected chi connectivity index (χ0v) is 14.5. The van der Waals surface area contributed by atoms with Gasteiger partial charge >= 0.3 is 0 Å². The normalized spacial score (nSPS) is 12.2. The third-order valence-corrected chi connectivity index (χ3v) is 4.52. The van der Waals surface area contributed by atoms with E-state index < -0.39 is 0 Å². The van der Waals surface area contributed by atoms with Crippen LogP contribution in [0.1, 0.15) is 31.0 Å². The summed E-state index contributed by atoms with van der Waals surface area (Å²) in [4.78, 5) is 0. The first-order valence-corrected chi connectivity index (χ1v) is 8.17. The van der Waals surface area contributed by atoms with Crippen molar-refractivity contribution in [1.29, 1.82) is 0 Å². The van der Waals surface area contributed by atoms with Crippen LogP contribution in [-0.4, -0.2) is 6.61 Å². The molecule has 0 saturated heterocycles. The van der Waals surface area contributed by atoms with Gasteiger partial charge in [0.25, 0.3) is 0 Å². The summed E-state index contributed by atoms with van der Waals surface area (Å²) in [7, 11) is 0. The van der Waals surface area contributed by atoms with Gasteiger partial charge < -0.3 is 10.1 Å². The molecule has 2 aromatic carbocycles. The zero-order valence-electron chi connectivity index (χ0n) is 12.2. The minimum Gasteiger partial charge on any atom is -0.494 e. The highest BCUT2D eigenvalue weighted by Gasteiger charge is 2.06. The minimum absolute atomic E-state index is 0.267. The second kappa shape index (κ2) is 7.83. The predicted octanol–water partition coefficient (Wildman–Crippen LogP) is 5.35. The van der Waals surface area contributed by atoms with E-state index >= 15 is 0 Å². The summed E-state index contributed by atoms with van der Waals surface area (Å²) >= 11 is 9.51. The van der Waals surface area contributed by atoms with Gasteiger partial charge in [-0.25, -0.2) is 0 Å². The third-order valence-electron chi connectivity index (χ3n) is 3.29. The van der Waals surface area contributed by atoms with Gasteiger partial charge in [-0.1, -0.05) is 29.8 Å². The molecule has 2 aromatic rings. The van der Waals surface area contributed by atoms with Crippen molar-refractivity contribution in [2.75, 3.05) is 6.61 Å². The van der Waals surface area contributed by atoms with Crippen LogP contribution < -0.4 is 10.1 Å². The second-order valence-corrected chi connectivity index (χ2v) is 6.11. The zero-order chi connectivity index (χ0) is 15.2. The molecule has 112 valence electrons. The number of ether oxygens (including phenoxy) is 1. The Morgan fingerprint density at radius 3 is 2.52 bits per heavy atom. The van der Waals surface area contributed by atoms with Crippen LogP contribution in [0.2, 0.25) is 5.02 Å². The molecule has 2 nitrogen and oxygen atoms in total. The van der Waals surface area contributed by atoms with Crippen LogP contribution >= 0.6 is 27.5 Å². The molecule has 0 radical (unpaired) electrons. The number of halogens is 2. The molecular weight excluding hydrogens is 350 g/mol. The molecule has 0 heterocycles. The number of nitrogens with one attached hydrogen (secondary N) is 1. The molecule has 1 atom stereocenters. The lowest BCUT2D eigenvalue weighted by molar-refractivity contribution is 0.340. The largest absolute Gasteiger partial charge is 0.494 e. The molecule has 21 heavy (non-hydrogen) atoms. The van der Waals surface area contributed by atoms with E-state index in [4.69, 9.17) is 16.3 Å². The molecule has 0 amide bonds. The molecule has 0 saturated carbocycles. The van der Waals surface area contributed by atoms with Gasteiger partial charge in [-0.3, -0.25) is 0 Å². The fourth-order valence-corrected chi connectivity index (χ4v) is 2.51. The Morgan fingerprint density at radius 2 is 1.90 bits per heavy atom. The lowest BCUT2D eigenvalue weighted by Gasteiger charge is -2.15. The monoisotopic (exact) mass is 367 g/mol. The van der Waals surface area contributed by atoms with Gasteiger partial charge in [0.15, 0.2) is 0 Å². The van der Waals surface area contributed by atoms with E-state index in [0.29, 0.717) is 6.61 Å². The summed E-state index contributed by atoms with van der Waals surface area (Å²) in [6.45, 7) is 5.61. The molecule has 0 aliphatic heterocycles. The lowest BCUT2D eigenvalue weighted by atomic mass is 10.1. The van der Waals surface area contributed by atoms with E-state index in [9.17, 15) is 0 Å². The Bertz CT molecular complexity index is 586. The van der Waals surface area contributed by atoms with Crippen LogP contribution in [0, 0.1) is 0 Å². The van der Waals surface area contributed by atoms with Crippen LogP contribution in [0.15, 0.2) is 46.9 Å². The van der Waals surface area contributed by atoms with E-state index in [0.717, 1.165) is 21.8 Å². The summed E-state index contributed by atoms with van der Waals surface area (Å²) in [5, 5.41) is 4.24. The maximum absolute atomic E-state index is 6.10. The van der Waals surface area contributed by atoms with Crippen LogP contribution in [0.3, 0.4) is 0 Å². The van der Waals surface area contributed by atoms with E-state index in [1.54, 1.807) is 0 Å². The van der Waals surface area contributed by atoms with Gasteiger partial charge in [-0.15, -0.1) is 0 Å². The number of rotatable bonds is 6. The molecule has 0 spiro atoms. The highest BCUT2D eigenvalue weighted by atomic mass is 79.9. The van der Waals surface area contributed by atoms with Crippen molar-refractivity contribution in [2.24, 2.45) is 0 Å². The van der Waals surface area contributed by atoms with Crippen LogP contribution in [-0.2, 0) is 6.54 Å². The van der Waals surface area contributed by atoms with Gasteiger partial charge in [0.1, 0.15) is 5.75 Å². The van der Waals surface area contributed by atoms with Gasteiger partial charge in [0.2, 0.25) is 0 Å². The van der Waals surface area contributed by atoms with E-state index in [1.807, 2.05) is 31.2 Å². The summed E-state index contributed by atoms with van der Waals surface area (Å²) in [5.74, 6) is 0.910. The molecular formula is C17H19BrClNO. The Morgan fingerprint density at radius 1 is 1.19 bits per heavy atom. The van der Waals surface area contributed by atoms with Crippen LogP contribution in [0.25, 0.3) is 0 Å². The van der Waals surface area contributed by atoms with Crippen LogP contribution in [0.4, 0.5) is 0 Å². The van der Waals surface area contributed by atoms with Crippen molar-refractivity contribution in [3.05, 3.63) is 63.1 Å². The van der Waals surface area contributed by atoms with E-state index in [1.165, 1.54) is 11.1 Å². The number of benzene rings is 2. The maximum atomic E-state index is 6.10. The Labute approximate surface area is 139 Å². The standard InChI is InChI=1S/C17H19BrClNO/c1-3-21-15-7-5-14(6-8-15)12(2)20-11-13-4-9-16(18)17(19)10-13/h4-10,12,20H,3,11H2,1-2H3. The third kappa shape index (κ3) is 4.73. The van der Waals surface area contributed by atoms with Crippen molar-refractivity contribution in [2.45, 2.75) is 26.4 Å². The summed E-state index contributed by atoms with van der Waals surface area (Å²) < 4.78 is 6.38. The van der Waals surface area contributed by atoms with Crippen LogP contribution in [0.5, 0.6) is 5.75 Å². The topological polar surface area (TPSA) is 21.3 Å². The van der Waals surface area contributed by atoms with Crippen molar-refractivity contribution in [3.8, 4) is 5.75 Å². The first-order valence-electron chi connectivity index (χ1n) is 7.00. The predicted molar refractivity (Wildman–Crippen MR) is 92.0 cm³/mol. The van der Waals surface area contributed by atoms with Crippen molar-refractivity contribution < 1.29 is 4.74 Å². The maximum Gasteiger partial charge on any atom is 0.119 e. The average molecular weight is 369 g/mol. The summed E-state index contributed by atoms with van der Waals surface area (Å²) in [6.07, 6.45) is 0. The minimum atomic E-state index is 0.267. The molecule has 0 fully saturated rings. The molecule has 0 aliphatic carbocycles. The molecule has 1 unspecified atom stereocenters. The Balaban J connectivity index is 1.94. The van der Waals surface area contributed by atoms with Gasteiger partial charge in [0.05, 0.1) is 11.6 Å². The Kier molecular flexibility index (Phi) is 6.09. The molecule has 4 heteroatoms. The van der Waals surface area contributed by atoms with E-state index in [2.05, 4.69) is 46.4 Å². The number of hydrogen-bond donors (Lipinski definition) is 1. The van der Waals surface area contributed by atoms with E-state index in [-0.39, 0.29) is 6.04 Å².